The summed E-state index contributed by atoms with van der Waals surface area (Å²) in [5.41, 5.74) is 0.832. The number of amides is 1. The van der Waals surface area contributed by atoms with Gasteiger partial charge < -0.3 is 20.3 Å². The van der Waals surface area contributed by atoms with E-state index in [1.807, 2.05) is 39.2 Å². The molecule has 1 saturated carbocycles. The summed E-state index contributed by atoms with van der Waals surface area (Å²) < 4.78 is 5.71. The molecule has 6 nitrogen and oxygen atoms in total. The Morgan fingerprint density at radius 2 is 1.86 bits per heavy atom. The number of carbonyl (C=O) groups is 1. The topological polar surface area (TPSA) is 66.0 Å². The molecule has 0 aromatic heterocycles. The fourth-order valence-electron chi connectivity index (χ4n) is 3.54. The quantitative estimate of drug-likeness (QED) is 0.236. The first-order valence-corrected chi connectivity index (χ1v) is 9.93. The van der Waals surface area contributed by atoms with E-state index < -0.39 is 0 Å². The van der Waals surface area contributed by atoms with E-state index in [1.165, 1.54) is 5.56 Å². The number of aliphatic imine (C=N–C) groups is 1. The average Bonchev–Trinajstić information content (AvgIpc) is 3.16. The standard InChI is InChI=1S/C21H34N4O2.HI/c1-4-22-20(23-14-15-27-16-18-10-6-5-7-11-18)24-17-21(12-8-9-13-21)19(26)25(2)3;/h5-7,10-11H,4,8-9,12-17H2,1-3H3,(H2,22,23,24);1H. The van der Waals surface area contributed by atoms with Crippen LogP contribution in [0.3, 0.4) is 0 Å². The number of benzene rings is 1. The Kier molecular flexibility index (Phi) is 11.4. The SMILES string of the molecule is CCNC(=NCC1(C(=O)N(C)C)CCCC1)NCCOCc1ccccc1.I. The Bertz CT molecular complexity index is 602. The van der Waals surface area contributed by atoms with Crippen LogP contribution in [0.25, 0.3) is 0 Å². The first-order valence-electron chi connectivity index (χ1n) is 9.93. The number of nitrogens with zero attached hydrogens (tertiary/aromatic N) is 2. The summed E-state index contributed by atoms with van der Waals surface area (Å²) in [4.78, 5) is 19.1. The zero-order chi connectivity index (χ0) is 19.5. The normalized spacial score (nSPS) is 15.6. The minimum Gasteiger partial charge on any atom is -0.375 e. The van der Waals surface area contributed by atoms with E-state index in [9.17, 15) is 4.79 Å². The lowest BCUT2D eigenvalue weighted by Gasteiger charge is -2.29. The smallest absolute Gasteiger partial charge is 0.230 e. The Morgan fingerprint density at radius 3 is 2.46 bits per heavy atom. The molecule has 1 aromatic carbocycles. The van der Waals surface area contributed by atoms with E-state index >= 15 is 0 Å². The van der Waals surface area contributed by atoms with Crippen molar-refractivity contribution in [2.75, 3.05) is 40.3 Å². The second kappa shape index (κ2) is 13.0. The zero-order valence-electron chi connectivity index (χ0n) is 17.4. The maximum atomic E-state index is 12.7. The van der Waals surface area contributed by atoms with Gasteiger partial charge in [0.25, 0.3) is 0 Å². The first-order chi connectivity index (χ1) is 13.1. The third-order valence-corrected chi connectivity index (χ3v) is 4.95. The van der Waals surface area contributed by atoms with Gasteiger partial charge in [-0.25, -0.2) is 0 Å². The predicted molar refractivity (Wildman–Crippen MR) is 125 cm³/mol. The van der Waals surface area contributed by atoms with Crippen molar-refractivity contribution in [2.24, 2.45) is 10.4 Å². The first kappa shape index (κ1) is 24.7. The Labute approximate surface area is 186 Å². The molecular weight excluding hydrogens is 467 g/mol. The zero-order valence-corrected chi connectivity index (χ0v) is 19.7. The van der Waals surface area contributed by atoms with Gasteiger partial charge in [0.05, 0.1) is 25.2 Å². The number of halogens is 1. The molecule has 2 rings (SSSR count). The predicted octanol–water partition coefficient (Wildman–Crippen LogP) is 3.02. The lowest BCUT2D eigenvalue weighted by Crippen LogP contribution is -2.43. The van der Waals surface area contributed by atoms with Crippen molar-refractivity contribution in [3.8, 4) is 0 Å². The number of ether oxygens (including phenoxy) is 1. The van der Waals surface area contributed by atoms with Gasteiger partial charge in [0, 0.05) is 27.2 Å². The maximum absolute atomic E-state index is 12.7. The van der Waals surface area contributed by atoms with Gasteiger partial charge >= 0.3 is 0 Å². The van der Waals surface area contributed by atoms with Crippen molar-refractivity contribution in [1.82, 2.24) is 15.5 Å². The Morgan fingerprint density at radius 1 is 1.18 bits per heavy atom. The van der Waals surface area contributed by atoms with Crippen molar-refractivity contribution >= 4 is 35.8 Å². The van der Waals surface area contributed by atoms with Crippen LogP contribution in [0.4, 0.5) is 0 Å². The molecule has 0 radical (unpaired) electrons. The monoisotopic (exact) mass is 502 g/mol. The van der Waals surface area contributed by atoms with Gasteiger partial charge in [-0.15, -0.1) is 24.0 Å². The number of guanidine groups is 1. The van der Waals surface area contributed by atoms with Gasteiger partial charge in [0.15, 0.2) is 5.96 Å². The average molecular weight is 502 g/mol. The molecule has 28 heavy (non-hydrogen) atoms. The van der Waals surface area contributed by atoms with Crippen molar-refractivity contribution in [1.29, 1.82) is 0 Å². The van der Waals surface area contributed by atoms with Gasteiger partial charge in [0.1, 0.15) is 0 Å². The molecule has 0 aliphatic heterocycles. The summed E-state index contributed by atoms with van der Waals surface area (Å²) >= 11 is 0. The highest BCUT2D eigenvalue weighted by atomic mass is 127. The van der Waals surface area contributed by atoms with Crippen molar-refractivity contribution < 1.29 is 9.53 Å². The lowest BCUT2D eigenvalue weighted by atomic mass is 9.85. The van der Waals surface area contributed by atoms with Crippen LogP contribution >= 0.6 is 24.0 Å². The molecule has 0 unspecified atom stereocenters. The number of rotatable bonds is 9. The molecule has 0 spiro atoms. The third-order valence-electron chi connectivity index (χ3n) is 4.95. The highest BCUT2D eigenvalue weighted by Crippen LogP contribution is 2.39. The fourth-order valence-corrected chi connectivity index (χ4v) is 3.54. The molecule has 1 aliphatic carbocycles. The molecule has 7 heteroatoms. The molecule has 0 atom stereocenters. The van der Waals surface area contributed by atoms with E-state index in [-0.39, 0.29) is 35.3 Å². The highest BCUT2D eigenvalue weighted by Gasteiger charge is 2.41. The van der Waals surface area contributed by atoms with Crippen LogP contribution in [0, 0.1) is 5.41 Å². The van der Waals surface area contributed by atoms with Crippen LogP contribution in [0.2, 0.25) is 0 Å². The van der Waals surface area contributed by atoms with Crippen LogP contribution in [-0.2, 0) is 16.1 Å². The molecule has 1 amide bonds. The number of hydrogen-bond donors (Lipinski definition) is 2. The molecule has 2 N–H and O–H groups in total. The minimum absolute atomic E-state index is 0. The van der Waals surface area contributed by atoms with Crippen molar-refractivity contribution in [3.05, 3.63) is 35.9 Å². The Hall–Kier alpha value is -1.35. The molecule has 1 aliphatic rings. The number of hydrogen-bond acceptors (Lipinski definition) is 3. The minimum atomic E-state index is -0.338. The fraction of sp³-hybridized carbons (Fsp3) is 0.619. The van der Waals surface area contributed by atoms with E-state index in [0.29, 0.717) is 26.3 Å². The summed E-state index contributed by atoms with van der Waals surface area (Å²) in [5, 5.41) is 6.56. The van der Waals surface area contributed by atoms with Gasteiger partial charge in [-0.3, -0.25) is 9.79 Å². The van der Waals surface area contributed by atoms with Gasteiger partial charge in [-0.2, -0.15) is 0 Å². The lowest BCUT2D eigenvalue weighted by molar-refractivity contribution is -0.138. The summed E-state index contributed by atoms with van der Waals surface area (Å²) in [6, 6.07) is 10.1. The summed E-state index contributed by atoms with van der Waals surface area (Å²) in [5.74, 6) is 0.949. The van der Waals surface area contributed by atoms with Gasteiger partial charge in [-0.1, -0.05) is 43.2 Å². The van der Waals surface area contributed by atoms with Crippen molar-refractivity contribution in [3.63, 3.8) is 0 Å². The van der Waals surface area contributed by atoms with Crippen molar-refractivity contribution in [2.45, 2.75) is 39.2 Å². The Balaban J connectivity index is 0.00000392. The number of nitrogens with one attached hydrogen (secondary N) is 2. The van der Waals surface area contributed by atoms with Crippen LogP contribution < -0.4 is 10.6 Å². The van der Waals surface area contributed by atoms with E-state index in [1.54, 1.807) is 4.90 Å². The molecule has 0 heterocycles. The summed E-state index contributed by atoms with van der Waals surface area (Å²) in [7, 11) is 3.67. The largest absolute Gasteiger partial charge is 0.375 e. The molecule has 158 valence electrons. The highest BCUT2D eigenvalue weighted by molar-refractivity contribution is 14.0. The van der Waals surface area contributed by atoms with E-state index in [4.69, 9.17) is 9.73 Å². The molecular formula is C21H35IN4O2. The van der Waals surface area contributed by atoms with E-state index in [2.05, 4.69) is 22.8 Å². The number of carbonyl (C=O) groups excluding carboxylic acids is 1. The van der Waals surface area contributed by atoms with Crippen LogP contribution in [0.1, 0.15) is 38.2 Å². The summed E-state index contributed by atoms with van der Waals surface area (Å²) in [6.07, 6.45) is 4.05. The molecule has 0 bridgehead atoms. The maximum Gasteiger partial charge on any atom is 0.230 e. The molecule has 1 fully saturated rings. The molecule has 0 saturated heterocycles. The van der Waals surface area contributed by atoms with Gasteiger partial charge in [-0.05, 0) is 25.3 Å². The second-order valence-electron chi connectivity index (χ2n) is 7.35. The van der Waals surface area contributed by atoms with E-state index in [0.717, 1.165) is 38.2 Å². The second-order valence-corrected chi connectivity index (χ2v) is 7.35. The third kappa shape index (κ3) is 7.58. The molecule has 1 aromatic rings. The summed E-state index contributed by atoms with van der Waals surface area (Å²) in [6.45, 7) is 5.24. The van der Waals surface area contributed by atoms with Crippen LogP contribution in [0.5, 0.6) is 0 Å². The van der Waals surface area contributed by atoms with Gasteiger partial charge in [0.2, 0.25) is 5.91 Å². The van der Waals surface area contributed by atoms with Crippen LogP contribution in [0.15, 0.2) is 35.3 Å². The van der Waals surface area contributed by atoms with Crippen LogP contribution in [-0.4, -0.2) is 57.1 Å².